The normalized spacial score (nSPS) is 10.3. The first kappa shape index (κ1) is 14.1. The van der Waals surface area contributed by atoms with Gasteiger partial charge in [0.25, 0.3) is 0 Å². The van der Waals surface area contributed by atoms with E-state index in [9.17, 15) is 5.11 Å². The van der Waals surface area contributed by atoms with Crippen LogP contribution in [0.3, 0.4) is 0 Å². The fraction of sp³-hybridized carbons (Fsp3) is 0. The predicted molar refractivity (Wildman–Crippen MR) is 95.6 cm³/mol. The Bertz CT molecular complexity index is 1070. The lowest BCUT2D eigenvalue weighted by Gasteiger charge is -2.04. The number of pyridine rings is 1. The molecule has 2 N–H and O–H groups in total. The molecule has 0 aliphatic carbocycles. The van der Waals surface area contributed by atoms with Crippen molar-refractivity contribution in [1.82, 2.24) is 9.97 Å². The number of hydrogen-bond acceptors (Lipinski definition) is 2. The topological polar surface area (TPSA) is 48.9 Å². The Labute approximate surface area is 139 Å². The van der Waals surface area contributed by atoms with Crippen LogP contribution in [0.25, 0.3) is 22.2 Å². The molecule has 0 amide bonds. The highest BCUT2D eigenvalue weighted by atomic mass is 16.3. The molecular weight excluding hydrogens is 296 g/mol. The summed E-state index contributed by atoms with van der Waals surface area (Å²) >= 11 is 0. The number of fused-ring (bicyclic) bond motifs is 1. The maximum atomic E-state index is 10.0. The summed E-state index contributed by atoms with van der Waals surface area (Å²) in [6.07, 6.45) is 3.62. The molecule has 0 spiro atoms. The Hall–Kier alpha value is -3.51. The van der Waals surface area contributed by atoms with Gasteiger partial charge in [0.05, 0.1) is 5.56 Å². The second-order valence-electron chi connectivity index (χ2n) is 5.46. The summed E-state index contributed by atoms with van der Waals surface area (Å²) in [5, 5.41) is 11.0. The number of nitrogens with zero attached hydrogens (tertiary/aromatic N) is 1. The molecule has 2 aromatic carbocycles. The largest absolute Gasteiger partial charge is 0.507 e. The highest BCUT2D eigenvalue weighted by molar-refractivity contribution is 5.88. The third kappa shape index (κ3) is 2.62. The summed E-state index contributed by atoms with van der Waals surface area (Å²) in [6, 6.07) is 19.1. The summed E-state index contributed by atoms with van der Waals surface area (Å²) in [7, 11) is 0. The molecule has 0 saturated carbocycles. The number of benzene rings is 2. The number of rotatable bonds is 1. The van der Waals surface area contributed by atoms with Gasteiger partial charge in [0.2, 0.25) is 0 Å². The van der Waals surface area contributed by atoms with Crippen LogP contribution in [0.15, 0.2) is 73.1 Å². The highest BCUT2D eigenvalue weighted by Gasteiger charge is 2.08. The fourth-order valence-electron chi connectivity index (χ4n) is 2.63. The molecule has 114 valence electrons. The van der Waals surface area contributed by atoms with E-state index in [1.54, 1.807) is 18.3 Å². The molecule has 0 aliphatic heterocycles. The number of aromatic amines is 1. The number of aromatic nitrogens is 2. The number of hydrogen-bond donors (Lipinski definition) is 2. The summed E-state index contributed by atoms with van der Waals surface area (Å²) in [4.78, 5) is 7.58. The van der Waals surface area contributed by atoms with E-state index >= 15 is 0 Å². The molecule has 2 aromatic heterocycles. The van der Waals surface area contributed by atoms with E-state index in [4.69, 9.17) is 0 Å². The minimum absolute atomic E-state index is 0.242. The van der Waals surface area contributed by atoms with Crippen molar-refractivity contribution in [1.29, 1.82) is 0 Å². The summed E-state index contributed by atoms with van der Waals surface area (Å²) in [5.74, 6) is 6.60. The van der Waals surface area contributed by atoms with Gasteiger partial charge in [-0.15, -0.1) is 0 Å². The molecule has 4 aromatic rings. The van der Waals surface area contributed by atoms with Gasteiger partial charge in [-0.1, -0.05) is 48.2 Å². The van der Waals surface area contributed by atoms with Crippen LogP contribution >= 0.6 is 0 Å². The van der Waals surface area contributed by atoms with Crippen LogP contribution in [0, 0.1) is 11.8 Å². The summed E-state index contributed by atoms with van der Waals surface area (Å²) in [6.45, 7) is 0. The first-order valence-corrected chi connectivity index (χ1v) is 7.64. The number of nitrogens with one attached hydrogen (secondary N) is 1. The summed E-state index contributed by atoms with van der Waals surface area (Å²) < 4.78 is 0. The average molecular weight is 310 g/mol. The lowest BCUT2D eigenvalue weighted by Crippen LogP contribution is -1.83. The van der Waals surface area contributed by atoms with E-state index in [0.717, 1.165) is 33.3 Å². The van der Waals surface area contributed by atoms with Gasteiger partial charge in [0.15, 0.2) is 0 Å². The Morgan fingerprint density at radius 3 is 2.54 bits per heavy atom. The average Bonchev–Trinajstić information content (AvgIpc) is 3.03. The predicted octanol–water partition coefficient (Wildman–Crippen LogP) is 4.34. The molecule has 0 atom stereocenters. The molecule has 24 heavy (non-hydrogen) atoms. The molecule has 0 fully saturated rings. The third-order valence-electron chi connectivity index (χ3n) is 3.86. The van der Waals surface area contributed by atoms with Crippen molar-refractivity contribution in [2.24, 2.45) is 0 Å². The SMILES string of the molecule is Oc1ccccc1-c1cnc2[nH]cc(C#Cc3ccccc3)c2c1. The zero-order valence-electron chi connectivity index (χ0n) is 12.8. The lowest BCUT2D eigenvalue weighted by atomic mass is 10.0. The molecule has 2 heterocycles. The van der Waals surface area contributed by atoms with Crippen molar-refractivity contribution in [2.45, 2.75) is 0 Å². The molecule has 0 aliphatic rings. The van der Waals surface area contributed by atoms with Crippen LogP contribution in [0.4, 0.5) is 0 Å². The van der Waals surface area contributed by atoms with Gasteiger partial charge < -0.3 is 10.1 Å². The summed E-state index contributed by atoms with van der Waals surface area (Å²) in [5.41, 5.74) is 4.26. The number of phenols is 1. The fourth-order valence-corrected chi connectivity index (χ4v) is 2.63. The Balaban J connectivity index is 1.80. The zero-order valence-corrected chi connectivity index (χ0v) is 12.8. The van der Waals surface area contributed by atoms with Crippen molar-refractivity contribution >= 4 is 11.0 Å². The van der Waals surface area contributed by atoms with Gasteiger partial charge in [0, 0.05) is 34.5 Å². The van der Waals surface area contributed by atoms with E-state index in [1.807, 2.05) is 54.7 Å². The number of H-pyrrole nitrogens is 1. The molecule has 0 radical (unpaired) electrons. The molecule has 4 rings (SSSR count). The van der Waals surface area contributed by atoms with Crippen LogP contribution in [0.2, 0.25) is 0 Å². The van der Waals surface area contributed by atoms with Gasteiger partial charge in [0.1, 0.15) is 11.4 Å². The van der Waals surface area contributed by atoms with E-state index in [2.05, 4.69) is 21.8 Å². The van der Waals surface area contributed by atoms with Crippen molar-refractivity contribution in [2.75, 3.05) is 0 Å². The molecule has 0 saturated heterocycles. The Kier molecular flexibility index (Phi) is 3.49. The van der Waals surface area contributed by atoms with Gasteiger partial charge >= 0.3 is 0 Å². The van der Waals surface area contributed by atoms with E-state index < -0.39 is 0 Å². The van der Waals surface area contributed by atoms with Crippen LogP contribution in [-0.2, 0) is 0 Å². The lowest BCUT2D eigenvalue weighted by molar-refractivity contribution is 0.477. The van der Waals surface area contributed by atoms with Crippen molar-refractivity contribution in [3.63, 3.8) is 0 Å². The molecule has 0 bridgehead atoms. The molecule has 3 nitrogen and oxygen atoms in total. The molecule has 3 heteroatoms. The van der Waals surface area contributed by atoms with Crippen molar-refractivity contribution in [3.8, 4) is 28.7 Å². The third-order valence-corrected chi connectivity index (χ3v) is 3.86. The molecular formula is C21H14N2O. The molecule has 0 unspecified atom stereocenters. The first-order valence-electron chi connectivity index (χ1n) is 7.64. The Morgan fingerprint density at radius 2 is 1.71 bits per heavy atom. The van der Waals surface area contributed by atoms with Gasteiger partial charge in [-0.05, 0) is 24.3 Å². The number of phenolic OH excluding ortho intramolecular Hbond substituents is 1. The van der Waals surface area contributed by atoms with Gasteiger partial charge in [-0.3, -0.25) is 0 Å². The number of para-hydroxylation sites is 1. The second-order valence-corrected chi connectivity index (χ2v) is 5.46. The monoisotopic (exact) mass is 310 g/mol. The minimum atomic E-state index is 0.242. The minimum Gasteiger partial charge on any atom is -0.507 e. The quantitative estimate of drug-likeness (QED) is 0.514. The standard InChI is InChI=1S/C21H14N2O/c24-20-9-5-4-8-18(20)17-12-19-16(13-22-21(19)23-14-17)11-10-15-6-2-1-3-7-15/h1-9,12-14,24H,(H,22,23). The van der Waals surface area contributed by atoms with Crippen molar-refractivity contribution in [3.05, 3.63) is 84.2 Å². The maximum Gasteiger partial charge on any atom is 0.138 e. The Morgan fingerprint density at radius 1 is 0.917 bits per heavy atom. The van der Waals surface area contributed by atoms with E-state index in [-0.39, 0.29) is 5.75 Å². The van der Waals surface area contributed by atoms with E-state index in [0.29, 0.717) is 0 Å². The maximum absolute atomic E-state index is 10.0. The first-order chi connectivity index (χ1) is 11.8. The van der Waals surface area contributed by atoms with Crippen LogP contribution in [0.1, 0.15) is 11.1 Å². The van der Waals surface area contributed by atoms with Crippen LogP contribution in [-0.4, -0.2) is 15.1 Å². The second kappa shape index (κ2) is 5.94. The number of aromatic hydroxyl groups is 1. The van der Waals surface area contributed by atoms with Crippen molar-refractivity contribution < 1.29 is 5.11 Å². The van der Waals surface area contributed by atoms with Crippen LogP contribution in [0.5, 0.6) is 5.75 Å². The smallest absolute Gasteiger partial charge is 0.138 e. The zero-order chi connectivity index (χ0) is 16.4. The highest BCUT2D eigenvalue weighted by Crippen LogP contribution is 2.30. The van der Waals surface area contributed by atoms with Gasteiger partial charge in [-0.25, -0.2) is 4.98 Å². The van der Waals surface area contributed by atoms with E-state index in [1.165, 1.54) is 0 Å². The van der Waals surface area contributed by atoms with Gasteiger partial charge in [-0.2, -0.15) is 0 Å². The van der Waals surface area contributed by atoms with Crippen LogP contribution < -0.4 is 0 Å².